The SMILES string of the molecule is COc1cccc(CC2CCN(c3ccc(-c4cn[nH]c4)c(C(F)F)c3)C2=O)c1. The van der Waals surface area contributed by atoms with Crippen LogP contribution in [0.25, 0.3) is 11.1 Å². The van der Waals surface area contributed by atoms with E-state index in [4.69, 9.17) is 4.74 Å². The second-order valence-electron chi connectivity index (χ2n) is 7.09. The number of alkyl halides is 2. The summed E-state index contributed by atoms with van der Waals surface area (Å²) in [5.74, 6) is 0.538. The number of hydrogen-bond acceptors (Lipinski definition) is 3. The van der Waals surface area contributed by atoms with Crippen LogP contribution in [0.4, 0.5) is 14.5 Å². The Balaban J connectivity index is 1.56. The van der Waals surface area contributed by atoms with Crippen LogP contribution in [0.3, 0.4) is 0 Å². The van der Waals surface area contributed by atoms with Crippen molar-refractivity contribution in [1.82, 2.24) is 10.2 Å². The monoisotopic (exact) mass is 397 g/mol. The molecule has 2 heterocycles. The van der Waals surface area contributed by atoms with Gasteiger partial charge in [0.05, 0.1) is 13.3 Å². The number of anilines is 1. The molecule has 0 saturated carbocycles. The number of aromatic nitrogens is 2. The zero-order valence-electron chi connectivity index (χ0n) is 15.9. The van der Waals surface area contributed by atoms with Crippen molar-refractivity contribution in [3.63, 3.8) is 0 Å². The molecule has 1 saturated heterocycles. The number of rotatable bonds is 6. The lowest BCUT2D eigenvalue weighted by Crippen LogP contribution is -2.27. The number of methoxy groups -OCH3 is 1. The van der Waals surface area contributed by atoms with Crippen molar-refractivity contribution in [3.05, 3.63) is 66.0 Å². The van der Waals surface area contributed by atoms with Crippen LogP contribution >= 0.6 is 0 Å². The van der Waals surface area contributed by atoms with E-state index >= 15 is 0 Å². The number of hydrogen-bond donors (Lipinski definition) is 1. The van der Waals surface area contributed by atoms with Gasteiger partial charge < -0.3 is 9.64 Å². The smallest absolute Gasteiger partial charge is 0.264 e. The number of carbonyl (C=O) groups excluding carboxylic acids is 1. The van der Waals surface area contributed by atoms with Crippen molar-refractivity contribution in [3.8, 4) is 16.9 Å². The van der Waals surface area contributed by atoms with E-state index in [0.29, 0.717) is 36.2 Å². The van der Waals surface area contributed by atoms with Crippen molar-refractivity contribution in [2.75, 3.05) is 18.6 Å². The maximum atomic E-state index is 13.7. The summed E-state index contributed by atoms with van der Waals surface area (Å²) >= 11 is 0. The lowest BCUT2D eigenvalue weighted by molar-refractivity contribution is -0.120. The summed E-state index contributed by atoms with van der Waals surface area (Å²) in [5.41, 5.74) is 2.43. The predicted octanol–water partition coefficient (Wildman–Crippen LogP) is 4.62. The molecular formula is C22H21F2N3O2. The third-order valence-corrected chi connectivity index (χ3v) is 5.32. The Bertz CT molecular complexity index is 1010. The molecule has 4 rings (SSSR count). The Morgan fingerprint density at radius 2 is 2.14 bits per heavy atom. The summed E-state index contributed by atoms with van der Waals surface area (Å²) in [6, 6.07) is 12.4. The second-order valence-corrected chi connectivity index (χ2v) is 7.09. The van der Waals surface area contributed by atoms with Gasteiger partial charge in [-0.1, -0.05) is 18.2 Å². The molecule has 3 aromatic rings. The van der Waals surface area contributed by atoms with E-state index in [9.17, 15) is 13.6 Å². The molecular weight excluding hydrogens is 376 g/mol. The third-order valence-electron chi connectivity index (χ3n) is 5.32. The van der Waals surface area contributed by atoms with Crippen molar-refractivity contribution < 1.29 is 18.3 Å². The van der Waals surface area contributed by atoms with Gasteiger partial charge in [0.2, 0.25) is 5.91 Å². The summed E-state index contributed by atoms with van der Waals surface area (Å²) in [7, 11) is 1.61. The number of ether oxygens (including phenoxy) is 1. The topological polar surface area (TPSA) is 58.2 Å². The van der Waals surface area contributed by atoms with E-state index < -0.39 is 6.43 Å². The maximum absolute atomic E-state index is 13.7. The molecule has 0 bridgehead atoms. The minimum Gasteiger partial charge on any atom is -0.497 e. The van der Waals surface area contributed by atoms with Gasteiger partial charge in [0, 0.05) is 35.5 Å². The lowest BCUT2D eigenvalue weighted by Gasteiger charge is -2.19. The Morgan fingerprint density at radius 1 is 1.28 bits per heavy atom. The van der Waals surface area contributed by atoms with Gasteiger partial charge in [-0.3, -0.25) is 9.89 Å². The Hall–Kier alpha value is -3.22. The summed E-state index contributed by atoms with van der Waals surface area (Å²) in [4.78, 5) is 14.6. The number of benzene rings is 2. The van der Waals surface area contributed by atoms with E-state index in [1.807, 2.05) is 24.3 Å². The highest BCUT2D eigenvalue weighted by atomic mass is 19.3. The molecule has 1 atom stereocenters. The normalized spacial score (nSPS) is 16.6. The second kappa shape index (κ2) is 8.03. The quantitative estimate of drug-likeness (QED) is 0.660. The zero-order chi connectivity index (χ0) is 20.4. The van der Waals surface area contributed by atoms with Crippen molar-refractivity contribution in [2.24, 2.45) is 5.92 Å². The lowest BCUT2D eigenvalue weighted by atomic mass is 9.98. The maximum Gasteiger partial charge on any atom is 0.264 e. The Kier molecular flexibility index (Phi) is 5.29. The molecule has 1 unspecified atom stereocenters. The van der Waals surface area contributed by atoms with Crippen molar-refractivity contribution in [2.45, 2.75) is 19.3 Å². The summed E-state index contributed by atoms with van der Waals surface area (Å²) < 4.78 is 32.6. The van der Waals surface area contributed by atoms with Gasteiger partial charge in [0.25, 0.3) is 6.43 Å². The highest BCUT2D eigenvalue weighted by Gasteiger charge is 2.33. The van der Waals surface area contributed by atoms with Crippen molar-refractivity contribution >= 4 is 11.6 Å². The fourth-order valence-electron chi connectivity index (χ4n) is 3.83. The molecule has 1 amide bonds. The number of aromatic amines is 1. The first-order valence-corrected chi connectivity index (χ1v) is 9.42. The van der Waals surface area contributed by atoms with E-state index in [-0.39, 0.29) is 17.4 Å². The first-order chi connectivity index (χ1) is 14.1. The molecule has 29 heavy (non-hydrogen) atoms. The summed E-state index contributed by atoms with van der Waals surface area (Å²) in [6.45, 7) is 0.515. The minimum absolute atomic E-state index is 0.0379. The molecule has 1 aliphatic rings. The van der Waals surface area contributed by atoms with E-state index in [0.717, 1.165) is 11.3 Å². The molecule has 1 aliphatic heterocycles. The fraction of sp³-hybridized carbons (Fsp3) is 0.273. The van der Waals surface area contributed by atoms with Crippen LogP contribution in [0, 0.1) is 5.92 Å². The van der Waals surface area contributed by atoms with E-state index in [1.165, 1.54) is 12.3 Å². The Morgan fingerprint density at radius 3 is 2.86 bits per heavy atom. The number of halogens is 2. The third kappa shape index (κ3) is 3.85. The van der Waals surface area contributed by atoms with Gasteiger partial charge in [-0.25, -0.2) is 8.78 Å². The summed E-state index contributed by atoms with van der Waals surface area (Å²) in [5, 5.41) is 6.47. The first-order valence-electron chi connectivity index (χ1n) is 9.42. The van der Waals surface area contributed by atoms with Gasteiger partial charge in [-0.05, 0) is 48.2 Å². The van der Waals surface area contributed by atoms with E-state index in [1.54, 1.807) is 30.3 Å². The Labute approximate surface area is 167 Å². The molecule has 5 nitrogen and oxygen atoms in total. The molecule has 2 aromatic carbocycles. The molecule has 1 aromatic heterocycles. The van der Waals surface area contributed by atoms with Crippen LogP contribution in [0.15, 0.2) is 54.9 Å². The first kappa shape index (κ1) is 19.1. The zero-order valence-corrected chi connectivity index (χ0v) is 15.9. The van der Waals surface area contributed by atoms with Gasteiger partial charge in [-0.2, -0.15) is 5.10 Å². The molecule has 7 heteroatoms. The van der Waals surface area contributed by atoms with Crippen LogP contribution in [0.1, 0.15) is 24.0 Å². The van der Waals surface area contributed by atoms with Crippen LogP contribution in [0.5, 0.6) is 5.75 Å². The van der Waals surface area contributed by atoms with Gasteiger partial charge in [0.15, 0.2) is 0 Å². The van der Waals surface area contributed by atoms with Crippen LogP contribution in [-0.2, 0) is 11.2 Å². The fourth-order valence-corrected chi connectivity index (χ4v) is 3.83. The summed E-state index contributed by atoms with van der Waals surface area (Å²) in [6.07, 6.45) is 1.72. The molecule has 150 valence electrons. The van der Waals surface area contributed by atoms with E-state index in [2.05, 4.69) is 10.2 Å². The number of amides is 1. The number of carbonyl (C=O) groups is 1. The average Bonchev–Trinajstić information content (AvgIpc) is 3.38. The van der Waals surface area contributed by atoms with Crippen LogP contribution in [0.2, 0.25) is 0 Å². The van der Waals surface area contributed by atoms with Crippen molar-refractivity contribution in [1.29, 1.82) is 0 Å². The minimum atomic E-state index is -2.65. The number of nitrogens with one attached hydrogen (secondary N) is 1. The average molecular weight is 397 g/mol. The molecule has 0 radical (unpaired) electrons. The van der Waals surface area contributed by atoms with Gasteiger partial charge >= 0.3 is 0 Å². The molecule has 0 aliphatic carbocycles. The molecule has 1 N–H and O–H groups in total. The highest BCUT2D eigenvalue weighted by molar-refractivity contribution is 5.97. The number of nitrogens with zero attached hydrogens (tertiary/aromatic N) is 2. The predicted molar refractivity (Wildman–Crippen MR) is 106 cm³/mol. The molecule has 0 spiro atoms. The molecule has 1 fully saturated rings. The largest absolute Gasteiger partial charge is 0.497 e. The number of H-pyrrole nitrogens is 1. The van der Waals surface area contributed by atoms with Gasteiger partial charge in [0.1, 0.15) is 5.75 Å². The standard InChI is InChI=1S/C22H21F2N3O2/c1-29-18-4-2-3-14(10-18)9-15-7-8-27(22(15)28)17-5-6-19(16-12-25-26-13-16)20(11-17)21(23)24/h2-6,10-13,15,21H,7-9H2,1H3,(H,25,26). The van der Waals surface area contributed by atoms with Crippen LogP contribution < -0.4 is 9.64 Å². The highest BCUT2D eigenvalue weighted by Crippen LogP contribution is 2.36. The van der Waals surface area contributed by atoms with Crippen LogP contribution in [-0.4, -0.2) is 29.8 Å². The van der Waals surface area contributed by atoms with Gasteiger partial charge in [-0.15, -0.1) is 0 Å².